The van der Waals surface area contributed by atoms with Crippen molar-refractivity contribution < 1.29 is 9.21 Å². The monoisotopic (exact) mass is 295 g/mol. The molecule has 0 saturated heterocycles. The van der Waals surface area contributed by atoms with E-state index in [-0.39, 0.29) is 5.91 Å². The molecule has 1 fully saturated rings. The van der Waals surface area contributed by atoms with Crippen LogP contribution in [-0.2, 0) is 0 Å². The van der Waals surface area contributed by atoms with Gasteiger partial charge in [0.05, 0.1) is 12.2 Å². The number of furan rings is 1. The summed E-state index contributed by atoms with van der Waals surface area (Å²) >= 11 is 0. The highest BCUT2D eigenvalue weighted by Crippen LogP contribution is 2.40. The van der Waals surface area contributed by atoms with Gasteiger partial charge in [0, 0.05) is 11.5 Å². The van der Waals surface area contributed by atoms with E-state index in [1.807, 2.05) is 35.0 Å². The highest BCUT2D eigenvalue weighted by Gasteiger charge is 2.31. The number of hydrogen-bond acceptors (Lipinski definition) is 3. The summed E-state index contributed by atoms with van der Waals surface area (Å²) in [7, 11) is 0. The molecule has 112 valence electrons. The van der Waals surface area contributed by atoms with Crippen molar-refractivity contribution in [3.8, 4) is 0 Å². The topological polar surface area (TPSA) is 60.1 Å². The maximum absolute atomic E-state index is 12.4. The first-order valence-electron chi connectivity index (χ1n) is 7.56. The fourth-order valence-electron chi connectivity index (χ4n) is 2.79. The van der Waals surface area contributed by atoms with Crippen molar-refractivity contribution in [1.29, 1.82) is 0 Å². The van der Waals surface area contributed by atoms with E-state index < -0.39 is 0 Å². The number of carbonyl (C=O) groups excluding carboxylic acids is 1. The Hall–Kier alpha value is -2.56. The third-order valence-corrected chi connectivity index (χ3v) is 4.25. The zero-order chi connectivity index (χ0) is 15.1. The quantitative estimate of drug-likeness (QED) is 0.795. The van der Waals surface area contributed by atoms with Crippen LogP contribution in [-0.4, -0.2) is 15.7 Å². The SMILES string of the molecule is CC(C1CC1)n1nccc1NC(=O)c1cc2ccccc2o1. The van der Waals surface area contributed by atoms with E-state index >= 15 is 0 Å². The predicted octanol–water partition coefficient (Wildman–Crippen LogP) is 3.85. The van der Waals surface area contributed by atoms with Crippen molar-refractivity contribution in [3.05, 3.63) is 48.4 Å². The third kappa shape index (κ3) is 2.28. The van der Waals surface area contributed by atoms with E-state index in [1.165, 1.54) is 12.8 Å². The molecule has 1 aliphatic rings. The first-order chi connectivity index (χ1) is 10.7. The van der Waals surface area contributed by atoms with Crippen LogP contribution in [0.5, 0.6) is 0 Å². The Bertz CT molecular complexity index is 796. The Morgan fingerprint density at radius 1 is 1.36 bits per heavy atom. The fourth-order valence-corrected chi connectivity index (χ4v) is 2.79. The van der Waals surface area contributed by atoms with Crippen LogP contribution in [0.1, 0.15) is 36.4 Å². The van der Waals surface area contributed by atoms with E-state index in [1.54, 1.807) is 12.3 Å². The van der Waals surface area contributed by atoms with Gasteiger partial charge in [-0.25, -0.2) is 4.68 Å². The van der Waals surface area contributed by atoms with Gasteiger partial charge in [0.2, 0.25) is 0 Å². The van der Waals surface area contributed by atoms with Crippen LogP contribution in [0, 0.1) is 5.92 Å². The standard InChI is InChI=1S/C17H17N3O2/c1-11(12-6-7-12)20-16(8-9-18-20)19-17(21)15-10-13-4-2-3-5-14(13)22-15/h2-5,8-12H,6-7H2,1H3,(H,19,21). The molecule has 0 spiro atoms. The molecule has 1 atom stereocenters. The first kappa shape index (κ1) is 13.1. The van der Waals surface area contributed by atoms with Crippen molar-refractivity contribution in [2.45, 2.75) is 25.8 Å². The van der Waals surface area contributed by atoms with E-state index in [0.717, 1.165) is 5.39 Å². The minimum Gasteiger partial charge on any atom is -0.451 e. The number of fused-ring (bicyclic) bond motifs is 1. The average molecular weight is 295 g/mol. The summed E-state index contributed by atoms with van der Waals surface area (Å²) in [6, 6.07) is 11.5. The van der Waals surface area contributed by atoms with Gasteiger partial charge in [-0.15, -0.1) is 0 Å². The Morgan fingerprint density at radius 2 is 2.18 bits per heavy atom. The number of hydrogen-bond donors (Lipinski definition) is 1. The number of nitrogens with one attached hydrogen (secondary N) is 1. The molecule has 0 aliphatic heterocycles. The van der Waals surface area contributed by atoms with E-state index in [0.29, 0.717) is 29.1 Å². The molecule has 3 aromatic rings. The lowest BCUT2D eigenvalue weighted by atomic mass is 10.2. The molecule has 1 saturated carbocycles. The van der Waals surface area contributed by atoms with Crippen LogP contribution in [0.2, 0.25) is 0 Å². The maximum Gasteiger partial charge on any atom is 0.292 e. The molecule has 0 radical (unpaired) electrons. The lowest BCUT2D eigenvalue weighted by Crippen LogP contribution is -2.18. The number of amides is 1. The summed E-state index contributed by atoms with van der Waals surface area (Å²) in [5, 5.41) is 8.16. The van der Waals surface area contributed by atoms with Crippen LogP contribution in [0.4, 0.5) is 5.82 Å². The second-order valence-corrected chi connectivity index (χ2v) is 5.84. The third-order valence-electron chi connectivity index (χ3n) is 4.25. The van der Waals surface area contributed by atoms with Gasteiger partial charge in [-0.2, -0.15) is 5.10 Å². The van der Waals surface area contributed by atoms with E-state index in [4.69, 9.17) is 4.42 Å². The lowest BCUT2D eigenvalue weighted by molar-refractivity contribution is 0.0997. The number of benzene rings is 1. The highest BCUT2D eigenvalue weighted by molar-refractivity contribution is 6.04. The second-order valence-electron chi connectivity index (χ2n) is 5.84. The molecular formula is C17H17N3O2. The summed E-state index contributed by atoms with van der Waals surface area (Å²) in [5.74, 6) is 1.44. The van der Waals surface area contributed by atoms with Crippen LogP contribution in [0.25, 0.3) is 11.0 Å². The second kappa shape index (κ2) is 5.02. The summed E-state index contributed by atoms with van der Waals surface area (Å²) in [5.41, 5.74) is 0.715. The number of nitrogens with zero attached hydrogens (tertiary/aromatic N) is 2. The Morgan fingerprint density at radius 3 is 2.95 bits per heavy atom. The Labute approximate surface area is 127 Å². The molecule has 1 amide bonds. The van der Waals surface area contributed by atoms with E-state index in [9.17, 15) is 4.79 Å². The zero-order valence-electron chi connectivity index (χ0n) is 12.3. The molecule has 1 unspecified atom stereocenters. The molecule has 0 bridgehead atoms. The summed E-state index contributed by atoms with van der Waals surface area (Å²) in [6.07, 6.45) is 4.18. The molecule has 1 aromatic carbocycles. The number of para-hydroxylation sites is 1. The largest absolute Gasteiger partial charge is 0.451 e. The van der Waals surface area contributed by atoms with Crippen LogP contribution in [0.15, 0.2) is 47.0 Å². The van der Waals surface area contributed by atoms with Crippen LogP contribution in [0.3, 0.4) is 0 Å². The minimum atomic E-state index is -0.249. The normalized spacial score (nSPS) is 15.9. The summed E-state index contributed by atoms with van der Waals surface area (Å²) < 4.78 is 7.48. The van der Waals surface area contributed by atoms with E-state index in [2.05, 4.69) is 17.3 Å². The number of anilines is 1. The molecule has 4 rings (SSSR count). The van der Waals surface area contributed by atoms with Crippen molar-refractivity contribution in [1.82, 2.24) is 9.78 Å². The minimum absolute atomic E-state index is 0.249. The van der Waals surface area contributed by atoms with Gasteiger partial charge in [0.1, 0.15) is 11.4 Å². The Balaban J connectivity index is 1.58. The van der Waals surface area contributed by atoms with Crippen molar-refractivity contribution in [2.24, 2.45) is 5.92 Å². The van der Waals surface area contributed by atoms with Gasteiger partial charge in [0.15, 0.2) is 5.76 Å². The molecule has 5 heteroatoms. The zero-order valence-corrected chi connectivity index (χ0v) is 12.3. The molecule has 2 heterocycles. The van der Waals surface area contributed by atoms with Crippen molar-refractivity contribution >= 4 is 22.7 Å². The van der Waals surface area contributed by atoms with Crippen LogP contribution < -0.4 is 5.32 Å². The summed E-state index contributed by atoms with van der Waals surface area (Å²) in [6.45, 7) is 2.14. The number of rotatable bonds is 4. The van der Waals surface area contributed by atoms with Crippen LogP contribution >= 0.6 is 0 Å². The van der Waals surface area contributed by atoms with Crippen molar-refractivity contribution in [3.63, 3.8) is 0 Å². The van der Waals surface area contributed by atoms with Crippen molar-refractivity contribution in [2.75, 3.05) is 5.32 Å². The fraction of sp³-hybridized carbons (Fsp3) is 0.294. The predicted molar refractivity (Wildman–Crippen MR) is 83.8 cm³/mol. The smallest absolute Gasteiger partial charge is 0.292 e. The Kier molecular flexibility index (Phi) is 2.99. The van der Waals surface area contributed by atoms with Gasteiger partial charge in [-0.3, -0.25) is 4.79 Å². The van der Waals surface area contributed by atoms with Gasteiger partial charge in [-0.1, -0.05) is 18.2 Å². The summed E-state index contributed by atoms with van der Waals surface area (Å²) in [4.78, 5) is 12.4. The number of carbonyl (C=O) groups is 1. The molecule has 22 heavy (non-hydrogen) atoms. The molecule has 1 N–H and O–H groups in total. The average Bonchev–Trinajstić information content (AvgIpc) is 3.12. The molecule has 1 aliphatic carbocycles. The maximum atomic E-state index is 12.4. The molecular weight excluding hydrogens is 278 g/mol. The van der Waals surface area contributed by atoms with Gasteiger partial charge in [0.25, 0.3) is 5.91 Å². The first-order valence-corrected chi connectivity index (χ1v) is 7.56. The molecule has 5 nitrogen and oxygen atoms in total. The van der Waals surface area contributed by atoms with Gasteiger partial charge < -0.3 is 9.73 Å². The van der Waals surface area contributed by atoms with Gasteiger partial charge >= 0.3 is 0 Å². The highest BCUT2D eigenvalue weighted by atomic mass is 16.3. The number of aromatic nitrogens is 2. The van der Waals surface area contributed by atoms with Gasteiger partial charge in [-0.05, 0) is 37.8 Å². The molecule has 2 aromatic heterocycles. The lowest BCUT2D eigenvalue weighted by Gasteiger charge is -2.14.